The van der Waals surface area contributed by atoms with Crippen molar-refractivity contribution in [1.29, 1.82) is 0 Å². The average Bonchev–Trinajstić information content (AvgIpc) is 3.04. The van der Waals surface area contributed by atoms with Crippen LogP contribution in [0, 0.1) is 0 Å². The topological polar surface area (TPSA) is 41.6 Å². The van der Waals surface area contributed by atoms with Crippen LogP contribution in [0.15, 0.2) is 54.6 Å². The highest BCUT2D eigenvalue weighted by Gasteiger charge is 2.23. The normalized spacial score (nSPS) is 15.7. The van der Waals surface area contributed by atoms with Crippen molar-refractivity contribution in [3.63, 3.8) is 0 Å². The lowest BCUT2D eigenvalue weighted by atomic mass is 10.1. The van der Waals surface area contributed by atoms with E-state index in [-0.39, 0.29) is 12.0 Å². The Morgan fingerprint density at radius 3 is 2.68 bits per heavy atom. The van der Waals surface area contributed by atoms with Crippen molar-refractivity contribution < 1.29 is 9.53 Å². The highest BCUT2D eigenvalue weighted by atomic mass is 16.5. The van der Waals surface area contributed by atoms with Crippen LogP contribution >= 0.6 is 0 Å². The van der Waals surface area contributed by atoms with Gasteiger partial charge in [-0.3, -0.25) is 4.79 Å². The molecule has 1 aliphatic rings. The predicted octanol–water partition coefficient (Wildman–Crippen LogP) is 3.13. The lowest BCUT2D eigenvalue weighted by molar-refractivity contribution is 0.0952. The van der Waals surface area contributed by atoms with Gasteiger partial charge in [-0.15, -0.1) is 0 Å². The van der Waals surface area contributed by atoms with Crippen LogP contribution in [0.1, 0.15) is 28.8 Å². The third-order valence-electron chi connectivity index (χ3n) is 4.52. The van der Waals surface area contributed by atoms with E-state index in [1.165, 1.54) is 5.56 Å². The second-order valence-electron chi connectivity index (χ2n) is 6.64. The van der Waals surface area contributed by atoms with Gasteiger partial charge in [0, 0.05) is 25.1 Å². The molecule has 0 saturated heterocycles. The molecule has 0 bridgehead atoms. The van der Waals surface area contributed by atoms with Crippen LogP contribution < -0.4 is 10.1 Å². The van der Waals surface area contributed by atoms with Gasteiger partial charge in [0.15, 0.2) is 0 Å². The van der Waals surface area contributed by atoms with Gasteiger partial charge in [-0.25, -0.2) is 0 Å². The summed E-state index contributed by atoms with van der Waals surface area (Å²) in [4.78, 5) is 14.3. The second kappa shape index (κ2) is 8.67. The Morgan fingerprint density at radius 2 is 1.88 bits per heavy atom. The van der Waals surface area contributed by atoms with Crippen molar-refractivity contribution >= 4 is 5.91 Å². The maximum absolute atomic E-state index is 11.9. The number of benzene rings is 2. The van der Waals surface area contributed by atoms with E-state index in [0.717, 1.165) is 43.7 Å². The molecule has 0 fully saturated rings. The van der Waals surface area contributed by atoms with Crippen LogP contribution in [-0.2, 0) is 6.42 Å². The van der Waals surface area contributed by atoms with Crippen molar-refractivity contribution in [2.24, 2.45) is 0 Å². The number of ether oxygens (including phenoxy) is 1. The van der Waals surface area contributed by atoms with E-state index in [2.05, 4.69) is 29.4 Å². The number of fused-ring (bicyclic) bond motifs is 1. The number of hydrogen-bond acceptors (Lipinski definition) is 3. The standard InChI is InChI=1S/C21H26N2O2/c1-23(16-19-15-18-11-5-6-12-20(18)25-19)14-8-7-13-22-21(24)17-9-3-2-4-10-17/h2-6,9-12,19H,7-8,13-16H2,1H3,(H,22,24)/t19-/m1/s1. The van der Waals surface area contributed by atoms with E-state index >= 15 is 0 Å². The number of rotatable bonds is 8. The van der Waals surface area contributed by atoms with Crippen LogP contribution in [0.5, 0.6) is 5.75 Å². The van der Waals surface area contributed by atoms with Crippen LogP contribution in [0.3, 0.4) is 0 Å². The summed E-state index contributed by atoms with van der Waals surface area (Å²) in [5.74, 6) is 1.04. The minimum Gasteiger partial charge on any atom is -0.488 e. The first-order valence-corrected chi connectivity index (χ1v) is 8.99. The summed E-state index contributed by atoms with van der Waals surface area (Å²) in [6, 6.07) is 17.6. The van der Waals surface area contributed by atoms with Crippen LogP contribution in [0.4, 0.5) is 0 Å². The molecule has 0 radical (unpaired) electrons. The Kier molecular flexibility index (Phi) is 6.07. The van der Waals surface area contributed by atoms with Gasteiger partial charge in [-0.2, -0.15) is 0 Å². The lowest BCUT2D eigenvalue weighted by Crippen LogP contribution is -2.33. The Balaban J connectivity index is 1.29. The first-order valence-electron chi connectivity index (χ1n) is 8.99. The molecule has 0 aliphatic carbocycles. The monoisotopic (exact) mass is 338 g/mol. The molecule has 0 saturated carbocycles. The zero-order valence-corrected chi connectivity index (χ0v) is 14.8. The van der Waals surface area contributed by atoms with Crippen LogP contribution in [-0.4, -0.2) is 43.6 Å². The van der Waals surface area contributed by atoms with E-state index in [9.17, 15) is 4.79 Å². The summed E-state index contributed by atoms with van der Waals surface area (Å²) in [7, 11) is 2.13. The molecule has 0 spiro atoms. The van der Waals surface area contributed by atoms with Gasteiger partial charge in [0.25, 0.3) is 5.91 Å². The van der Waals surface area contributed by atoms with E-state index in [1.807, 2.05) is 42.5 Å². The summed E-state index contributed by atoms with van der Waals surface area (Å²) in [5, 5.41) is 2.98. The van der Waals surface area contributed by atoms with E-state index in [1.54, 1.807) is 0 Å². The molecule has 2 aromatic carbocycles. The average molecular weight is 338 g/mol. The molecular formula is C21H26N2O2. The summed E-state index contributed by atoms with van der Waals surface area (Å²) in [6.07, 6.45) is 3.29. The first kappa shape index (κ1) is 17.5. The van der Waals surface area contributed by atoms with Gasteiger partial charge >= 0.3 is 0 Å². The molecule has 0 aromatic heterocycles. The van der Waals surface area contributed by atoms with Crippen molar-refractivity contribution in [3.8, 4) is 5.75 Å². The van der Waals surface area contributed by atoms with Gasteiger partial charge in [0.2, 0.25) is 0 Å². The molecule has 25 heavy (non-hydrogen) atoms. The highest BCUT2D eigenvalue weighted by molar-refractivity contribution is 5.94. The van der Waals surface area contributed by atoms with Crippen LogP contribution in [0.2, 0.25) is 0 Å². The van der Waals surface area contributed by atoms with Crippen molar-refractivity contribution in [1.82, 2.24) is 10.2 Å². The Morgan fingerprint density at radius 1 is 1.12 bits per heavy atom. The molecule has 4 nitrogen and oxygen atoms in total. The molecule has 132 valence electrons. The Labute approximate surface area is 149 Å². The minimum atomic E-state index is 0.00562. The summed E-state index contributed by atoms with van der Waals surface area (Å²) >= 11 is 0. The summed E-state index contributed by atoms with van der Waals surface area (Å²) < 4.78 is 5.99. The number of carbonyl (C=O) groups is 1. The lowest BCUT2D eigenvalue weighted by Gasteiger charge is -2.20. The van der Waals surface area contributed by atoms with Gasteiger partial charge in [0.1, 0.15) is 11.9 Å². The second-order valence-corrected chi connectivity index (χ2v) is 6.64. The molecule has 1 atom stereocenters. The van der Waals surface area contributed by atoms with E-state index < -0.39 is 0 Å². The number of nitrogens with zero attached hydrogens (tertiary/aromatic N) is 1. The van der Waals surface area contributed by atoms with Crippen LogP contribution in [0.25, 0.3) is 0 Å². The van der Waals surface area contributed by atoms with E-state index in [0.29, 0.717) is 6.54 Å². The molecule has 1 heterocycles. The number of para-hydroxylation sites is 1. The molecule has 1 amide bonds. The Hall–Kier alpha value is -2.33. The van der Waals surface area contributed by atoms with E-state index in [4.69, 9.17) is 4.74 Å². The molecule has 4 heteroatoms. The number of amides is 1. The maximum Gasteiger partial charge on any atom is 0.251 e. The molecule has 2 aromatic rings. The number of unbranched alkanes of at least 4 members (excludes halogenated alkanes) is 1. The molecule has 1 aliphatic heterocycles. The number of carbonyl (C=O) groups excluding carboxylic acids is 1. The number of nitrogens with one attached hydrogen (secondary N) is 1. The third kappa shape index (κ3) is 5.07. The fourth-order valence-electron chi connectivity index (χ4n) is 3.19. The highest BCUT2D eigenvalue weighted by Crippen LogP contribution is 2.28. The minimum absolute atomic E-state index is 0.00562. The smallest absolute Gasteiger partial charge is 0.251 e. The maximum atomic E-state index is 11.9. The predicted molar refractivity (Wildman–Crippen MR) is 100 cm³/mol. The van der Waals surface area contributed by atoms with Crippen molar-refractivity contribution in [2.45, 2.75) is 25.4 Å². The third-order valence-corrected chi connectivity index (χ3v) is 4.52. The fourth-order valence-corrected chi connectivity index (χ4v) is 3.19. The summed E-state index contributed by atoms with van der Waals surface area (Å²) in [5.41, 5.74) is 2.03. The molecule has 3 rings (SSSR count). The van der Waals surface area contributed by atoms with Gasteiger partial charge in [-0.1, -0.05) is 36.4 Å². The fraction of sp³-hybridized carbons (Fsp3) is 0.381. The zero-order chi connectivity index (χ0) is 17.5. The summed E-state index contributed by atoms with van der Waals surface area (Å²) in [6.45, 7) is 2.66. The first-order chi connectivity index (χ1) is 12.2. The number of likely N-dealkylation sites (N-methyl/N-ethyl adjacent to an activating group) is 1. The van der Waals surface area contributed by atoms with Crippen molar-refractivity contribution in [3.05, 3.63) is 65.7 Å². The Bertz CT molecular complexity index is 662. The quantitative estimate of drug-likeness (QED) is 0.752. The molecule has 0 unspecified atom stereocenters. The molecular weight excluding hydrogens is 312 g/mol. The number of hydrogen-bond donors (Lipinski definition) is 1. The zero-order valence-electron chi connectivity index (χ0n) is 14.8. The van der Waals surface area contributed by atoms with Gasteiger partial charge in [-0.05, 0) is 50.2 Å². The van der Waals surface area contributed by atoms with Crippen molar-refractivity contribution in [2.75, 3.05) is 26.7 Å². The SMILES string of the molecule is CN(CCCCNC(=O)c1ccccc1)C[C@H]1Cc2ccccc2O1. The van der Waals surface area contributed by atoms with Gasteiger partial charge < -0.3 is 15.0 Å². The largest absolute Gasteiger partial charge is 0.488 e. The van der Waals surface area contributed by atoms with Gasteiger partial charge in [0.05, 0.1) is 0 Å². The molecule has 1 N–H and O–H groups in total.